The van der Waals surface area contributed by atoms with Crippen LogP contribution in [0.15, 0.2) is 72.9 Å². The zero-order valence-corrected chi connectivity index (χ0v) is 15.6. The lowest BCUT2D eigenvalue weighted by atomic mass is 10.2. The standard InChI is InChI=1S/C22H24N2O4/c25-21(27-16-18-8-3-1-4-9-18)23-14-13-20-12-7-15-24(20)22(26)28-17-19-10-5-2-6-11-19/h1-6,8-11,13-14,20H,7,12,15-17H2,(H,23,25)/b14-13+. The van der Waals surface area contributed by atoms with Crippen molar-refractivity contribution in [3.63, 3.8) is 0 Å². The number of ether oxygens (including phenoxy) is 2. The predicted octanol–water partition coefficient (Wildman–Crippen LogP) is 4.23. The van der Waals surface area contributed by atoms with E-state index in [1.165, 1.54) is 6.20 Å². The highest BCUT2D eigenvalue weighted by atomic mass is 16.6. The quantitative estimate of drug-likeness (QED) is 0.814. The molecule has 146 valence electrons. The Bertz CT molecular complexity index is 793. The summed E-state index contributed by atoms with van der Waals surface area (Å²) in [5, 5.41) is 2.58. The molecular weight excluding hydrogens is 356 g/mol. The van der Waals surface area contributed by atoms with Crippen LogP contribution in [0, 0.1) is 0 Å². The van der Waals surface area contributed by atoms with Gasteiger partial charge in [-0.25, -0.2) is 9.59 Å². The molecule has 2 aromatic rings. The van der Waals surface area contributed by atoms with Gasteiger partial charge in [0, 0.05) is 12.7 Å². The summed E-state index contributed by atoms with van der Waals surface area (Å²) in [4.78, 5) is 25.8. The number of rotatable bonds is 6. The van der Waals surface area contributed by atoms with Crippen molar-refractivity contribution in [2.24, 2.45) is 0 Å². The van der Waals surface area contributed by atoms with E-state index in [2.05, 4.69) is 5.32 Å². The lowest BCUT2D eigenvalue weighted by molar-refractivity contribution is 0.0974. The van der Waals surface area contributed by atoms with E-state index >= 15 is 0 Å². The van der Waals surface area contributed by atoms with Crippen molar-refractivity contribution < 1.29 is 19.1 Å². The summed E-state index contributed by atoms with van der Waals surface area (Å²) >= 11 is 0. The average Bonchev–Trinajstić information content (AvgIpc) is 3.21. The molecule has 0 spiro atoms. The lowest BCUT2D eigenvalue weighted by Gasteiger charge is -2.21. The average molecular weight is 380 g/mol. The molecule has 1 aliphatic rings. The molecule has 0 aliphatic carbocycles. The van der Waals surface area contributed by atoms with Gasteiger partial charge in [-0.1, -0.05) is 60.7 Å². The number of nitrogens with zero attached hydrogens (tertiary/aromatic N) is 1. The van der Waals surface area contributed by atoms with Crippen LogP contribution in [0.4, 0.5) is 9.59 Å². The molecule has 0 bridgehead atoms. The van der Waals surface area contributed by atoms with Crippen LogP contribution in [0.3, 0.4) is 0 Å². The molecule has 0 radical (unpaired) electrons. The number of alkyl carbamates (subject to hydrolysis) is 1. The third-order valence-corrected chi connectivity index (χ3v) is 4.47. The van der Waals surface area contributed by atoms with Gasteiger partial charge in [0.1, 0.15) is 13.2 Å². The minimum absolute atomic E-state index is 0.0994. The molecule has 1 unspecified atom stereocenters. The SMILES string of the molecule is O=C(N/C=C/C1CCCN1C(=O)OCc1ccccc1)OCc1ccccc1. The Morgan fingerprint density at radius 2 is 1.57 bits per heavy atom. The maximum Gasteiger partial charge on any atom is 0.411 e. The summed E-state index contributed by atoms with van der Waals surface area (Å²) in [6.45, 7) is 1.10. The largest absolute Gasteiger partial charge is 0.445 e. The van der Waals surface area contributed by atoms with Crippen LogP contribution in [0.2, 0.25) is 0 Å². The number of carbonyl (C=O) groups excluding carboxylic acids is 2. The molecule has 6 nitrogen and oxygen atoms in total. The summed E-state index contributed by atoms with van der Waals surface area (Å²) < 4.78 is 10.5. The van der Waals surface area contributed by atoms with Gasteiger partial charge in [0.25, 0.3) is 0 Å². The predicted molar refractivity (Wildman–Crippen MR) is 105 cm³/mol. The Balaban J connectivity index is 1.42. The zero-order chi connectivity index (χ0) is 19.6. The van der Waals surface area contributed by atoms with Gasteiger partial charge < -0.3 is 14.4 Å². The van der Waals surface area contributed by atoms with Crippen LogP contribution in [0.25, 0.3) is 0 Å². The Morgan fingerprint density at radius 1 is 0.964 bits per heavy atom. The van der Waals surface area contributed by atoms with Crippen LogP contribution < -0.4 is 5.32 Å². The summed E-state index contributed by atoms with van der Waals surface area (Å²) in [7, 11) is 0. The topological polar surface area (TPSA) is 67.9 Å². The van der Waals surface area contributed by atoms with Gasteiger partial charge in [-0.05, 0) is 30.0 Å². The van der Waals surface area contributed by atoms with E-state index < -0.39 is 6.09 Å². The number of hydrogen-bond acceptors (Lipinski definition) is 4. The smallest absolute Gasteiger partial charge is 0.411 e. The van der Waals surface area contributed by atoms with Crippen molar-refractivity contribution in [2.45, 2.75) is 32.1 Å². The normalized spacial score (nSPS) is 16.1. The van der Waals surface area contributed by atoms with Crippen molar-refractivity contribution in [3.8, 4) is 0 Å². The fraction of sp³-hybridized carbons (Fsp3) is 0.273. The molecule has 6 heteroatoms. The minimum atomic E-state index is -0.531. The Hall–Kier alpha value is -3.28. The van der Waals surface area contributed by atoms with Crippen molar-refractivity contribution >= 4 is 12.2 Å². The van der Waals surface area contributed by atoms with Crippen molar-refractivity contribution in [2.75, 3.05) is 6.54 Å². The van der Waals surface area contributed by atoms with Crippen molar-refractivity contribution in [1.82, 2.24) is 10.2 Å². The second-order valence-electron chi connectivity index (χ2n) is 6.51. The number of amides is 2. The second kappa shape index (κ2) is 10.2. The van der Waals surface area contributed by atoms with E-state index in [0.717, 1.165) is 24.0 Å². The second-order valence-corrected chi connectivity index (χ2v) is 6.51. The van der Waals surface area contributed by atoms with Crippen LogP contribution in [-0.2, 0) is 22.7 Å². The maximum absolute atomic E-state index is 12.3. The monoisotopic (exact) mass is 380 g/mol. The molecule has 3 rings (SSSR count). The van der Waals surface area contributed by atoms with Crippen LogP contribution >= 0.6 is 0 Å². The molecule has 2 aromatic carbocycles. The van der Waals surface area contributed by atoms with Gasteiger partial charge in [0.2, 0.25) is 0 Å². The third-order valence-electron chi connectivity index (χ3n) is 4.47. The van der Waals surface area contributed by atoms with Gasteiger partial charge in [0.05, 0.1) is 6.04 Å². The summed E-state index contributed by atoms with van der Waals surface area (Å²) in [6, 6.07) is 18.9. The third kappa shape index (κ3) is 5.87. The van der Waals surface area contributed by atoms with Gasteiger partial charge in [-0.15, -0.1) is 0 Å². The molecule has 0 saturated carbocycles. The van der Waals surface area contributed by atoms with Gasteiger partial charge in [-0.2, -0.15) is 0 Å². The molecule has 0 aromatic heterocycles. The lowest BCUT2D eigenvalue weighted by Crippen LogP contribution is -2.35. The minimum Gasteiger partial charge on any atom is -0.445 e. The first-order chi connectivity index (χ1) is 13.7. The van der Waals surface area contributed by atoms with E-state index in [4.69, 9.17) is 9.47 Å². The molecule has 1 fully saturated rings. The number of hydrogen-bond donors (Lipinski definition) is 1. The summed E-state index contributed by atoms with van der Waals surface area (Å²) in [5.74, 6) is 0. The van der Waals surface area contributed by atoms with E-state index in [1.54, 1.807) is 11.0 Å². The van der Waals surface area contributed by atoms with E-state index in [1.807, 2.05) is 60.7 Å². The number of carbonyl (C=O) groups is 2. The first-order valence-electron chi connectivity index (χ1n) is 9.33. The molecule has 1 aliphatic heterocycles. The van der Waals surface area contributed by atoms with E-state index in [-0.39, 0.29) is 25.3 Å². The molecule has 1 heterocycles. The van der Waals surface area contributed by atoms with Gasteiger partial charge in [0.15, 0.2) is 0 Å². The summed E-state index contributed by atoms with van der Waals surface area (Å²) in [6.07, 6.45) is 4.17. The van der Waals surface area contributed by atoms with Crippen LogP contribution in [0.1, 0.15) is 24.0 Å². The maximum atomic E-state index is 12.3. The molecule has 1 N–H and O–H groups in total. The van der Waals surface area contributed by atoms with Gasteiger partial charge in [-0.3, -0.25) is 5.32 Å². The highest BCUT2D eigenvalue weighted by Crippen LogP contribution is 2.19. The van der Waals surface area contributed by atoms with Crippen LogP contribution in [-0.4, -0.2) is 29.7 Å². The Labute approximate surface area is 164 Å². The summed E-state index contributed by atoms with van der Waals surface area (Å²) in [5.41, 5.74) is 1.87. The van der Waals surface area contributed by atoms with Crippen molar-refractivity contribution in [1.29, 1.82) is 0 Å². The fourth-order valence-corrected chi connectivity index (χ4v) is 3.01. The molecule has 2 amide bonds. The first-order valence-corrected chi connectivity index (χ1v) is 9.33. The molecule has 28 heavy (non-hydrogen) atoms. The fourth-order valence-electron chi connectivity index (χ4n) is 3.01. The molecular formula is C22H24N2O4. The van der Waals surface area contributed by atoms with E-state index in [0.29, 0.717) is 6.54 Å². The van der Waals surface area contributed by atoms with Crippen molar-refractivity contribution in [3.05, 3.63) is 84.1 Å². The molecule has 1 saturated heterocycles. The Morgan fingerprint density at radius 3 is 2.21 bits per heavy atom. The highest BCUT2D eigenvalue weighted by Gasteiger charge is 2.28. The zero-order valence-electron chi connectivity index (χ0n) is 15.6. The Kier molecular flexibility index (Phi) is 7.07. The van der Waals surface area contributed by atoms with Crippen LogP contribution in [0.5, 0.6) is 0 Å². The highest BCUT2D eigenvalue weighted by molar-refractivity contribution is 5.69. The number of benzene rings is 2. The number of nitrogens with one attached hydrogen (secondary N) is 1. The van der Waals surface area contributed by atoms with E-state index in [9.17, 15) is 9.59 Å². The first kappa shape index (κ1) is 19.5. The van der Waals surface area contributed by atoms with Gasteiger partial charge >= 0.3 is 12.2 Å². The molecule has 1 atom stereocenters. The number of likely N-dealkylation sites (tertiary alicyclic amines) is 1.